The summed E-state index contributed by atoms with van der Waals surface area (Å²) in [6.45, 7) is 3.33. The number of rotatable bonds is 5. The predicted molar refractivity (Wildman–Crippen MR) is 78.9 cm³/mol. The normalized spacial score (nSPS) is 23.6. The summed E-state index contributed by atoms with van der Waals surface area (Å²) in [4.78, 5) is 2.20. The highest BCUT2D eigenvalue weighted by molar-refractivity contribution is 5.45. The SMILES string of the molecule is CCC1CCCC1Nc1ccc(CN(C)C)cc1. The van der Waals surface area contributed by atoms with Crippen LogP contribution >= 0.6 is 0 Å². The molecule has 0 bridgehead atoms. The van der Waals surface area contributed by atoms with Gasteiger partial charge in [0.2, 0.25) is 0 Å². The fraction of sp³-hybridized carbons (Fsp3) is 0.625. The highest BCUT2D eigenvalue weighted by atomic mass is 15.0. The second kappa shape index (κ2) is 6.24. The monoisotopic (exact) mass is 246 g/mol. The lowest BCUT2D eigenvalue weighted by atomic mass is 10.0. The molecule has 0 heterocycles. The van der Waals surface area contributed by atoms with Crippen molar-refractivity contribution in [1.82, 2.24) is 4.90 Å². The van der Waals surface area contributed by atoms with E-state index in [1.165, 1.54) is 36.9 Å². The zero-order valence-electron chi connectivity index (χ0n) is 11.9. The van der Waals surface area contributed by atoms with Crippen LogP contribution < -0.4 is 5.32 Å². The van der Waals surface area contributed by atoms with E-state index in [0.29, 0.717) is 6.04 Å². The molecule has 1 aliphatic rings. The minimum absolute atomic E-state index is 0.690. The highest BCUT2D eigenvalue weighted by Crippen LogP contribution is 2.30. The molecule has 0 amide bonds. The third kappa shape index (κ3) is 3.49. The molecule has 1 saturated carbocycles. The molecular formula is C16H26N2. The molecule has 1 aromatic carbocycles. The number of anilines is 1. The first-order valence-electron chi connectivity index (χ1n) is 7.19. The van der Waals surface area contributed by atoms with Gasteiger partial charge in [-0.05, 0) is 50.6 Å². The second-order valence-electron chi connectivity index (χ2n) is 5.78. The molecule has 0 aromatic heterocycles. The van der Waals surface area contributed by atoms with Gasteiger partial charge in [0.1, 0.15) is 0 Å². The molecule has 1 aliphatic carbocycles. The number of hydrogen-bond donors (Lipinski definition) is 1. The molecule has 0 saturated heterocycles. The molecule has 1 N–H and O–H groups in total. The van der Waals surface area contributed by atoms with Gasteiger partial charge in [0.15, 0.2) is 0 Å². The van der Waals surface area contributed by atoms with Gasteiger partial charge in [-0.2, -0.15) is 0 Å². The Morgan fingerprint density at radius 3 is 2.50 bits per heavy atom. The van der Waals surface area contributed by atoms with Crippen LogP contribution in [0.2, 0.25) is 0 Å². The standard InChI is InChI=1S/C16H26N2/c1-4-14-6-5-7-16(14)17-15-10-8-13(9-11-15)12-18(2)3/h8-11,14,16-17H,4-7,12H2,1-3H3. The molecular weight excluding hydrogens is 220 g/mol. The van der Waals surface area contributed by atoms with Crippen LogP contribution in [0.4, 0.5) is 5.69 Å². The number of benzene rings is 1. The lowest BCUT2D eigenvalue weighted by Gasteiger charge is -2.21. The average molecular weight is 246 g/mol. The van der Waals surface area contributed by atoms with Gasteiger partial charge in [0, 0.05) is 18.3 Å². The molecule has 18 heavy (non-hydrogen) atoms. The van der Waals surface area contributed by atoms with Gasteiger partial charge in [0.25, 0.3) is 0 Å². The largest absolute Gasteiger partial charge is 0.382 e. The number of nitrogens with one attached hydrogen (secondary N) is 1. The van der Waals surface area contributed by atoms with Crippen molar-refractivity contribution in [2.75, 3.05) is 19.4 Å². The smallest absolute Gasteiger partial charge is 0.0342 e. The maximum Gasteiger partial charge on any atom is 0.0342 e. The third-order valence-electron chi connectivity index (χ3n) is 3.99. The minimum Gasteiger partial charge on any atom is -0.382 e. The summed E-state index contributed by atoms with van der Waals surface area (Å²) in [6.07, 6.45) is 5.41. The Bertz CT molecular complexity index is 356. The maximum atomic E-state index is 3.71. The second-order valence-corrected chi connectivity index (χ2v) is 5.78. The first-order valence-corrected chi connectivity index (χ1v) is 7.19. The number of hydrogen-bond acceptors (Lipinski definition) is 2. The molecule has 2 nitrogen and oxygen atoms in total. The van der Waals surface area contributed by atoms with Crippen LogP contribution in [0, 0.1) is 5.92 Å². The van der Waals surface area contributed by atoms with Gasteiger partial charge in [-0.25, -0.2) is 0 Å². The Hall–Kier alpha value is -1.02. The summed E-state index contributed by atoms with van der Waals surface area (Å²) in [5.74, 6) is 0.867. The summed E-state index contributed by atoms with van der Waals surface area (Å²) < 4.78 is 0. The molecule has 1 fully saturated rings. The van der Waals surface area contributed by atoms with Crippen molar-refractivity contribution >= 4 is 5.69 Å². The van der Waals surface area contributed by atoms with Crippen molar-refractivity contribution in [1.29, 1.82) is 0 Å². The van der Waals surface area contributed by atoms with E-state index in [1.54, 1.807) is 0 Å². The summed E-state index contributed by atoms with van der Waals surface area (Å²) in [5.41, 5.74) is 2.66. The zero-order chi connectivity index (χ0) is 13.0. The molecule has 1 aromatic rings. The summed E-state index contributed by atoms with van der Waals surface area (Å²) in [6, 6.07) is 9.61. The van der Waals surface area contributed by atoms with E-state index in [1.807, 2.05) is 0 Å². The van der Waals surface area contributed by atoms with E-state index in [4.69, 9.17) is 0 Å². The third-order valence-corrected chi connectivity index (χ3v) is 3.99. The van der Waals surface area contributed by atoms with Crippen LogP contribution in [-0.2, 0) is 6.54 Å². The predicted octanol–water partition coefficient (Wildman–Crippen LogP) is 3.74. The van der Waals surface area contributed by atoms with Crippen LogP contribution in [-0.4, -0.2) is 25.0 Å². The van der Waals surface area contributed by atoms with E-state index in [0.717, 1.165) is 12.5 Å². The van der Waals surface area contributed by atoms with Crippen LogP contribution in [0.25, 0.3) is 0 Å². The van der Waals surface area contributed by atoms with Gasteiger partial charge in [0.05, 0.1) is 0 Å². The molecule has 100 valence electrons. The van der Waals surface area contributed by atoms with E-state index < -0.39 is 0 Å². The topological polar surface area (TPSA) is 15.3 Å². The quantitative estimate of drug-likeness (QED) is 0.851. The van der Waals surface area contributed by atoms with Crippen molar-refractivity contribution in [3.05, 3.63) is 29.8 Å². The van der Waals surface area contributed by atoms with Crippen molar-refractivity contribution in [3.63, 3.8) is 0 Å². The maximum absolute atomic E-state index is 3.71. The van der Waals surface area contributed by atoms with Crippen LogP contribution in [0.15, 0.2) is 24.3 Å². The van der Waals surface area contributed by atoms with Crippen LogP contribution in [0.5, 0.6) is 0 Å². The first-order chi connectivity index (χ1) is 8.69. The van der Waals surface area contributed by atoms with Gasteiger partial charge < -0.3 is 10.2 Å². The first kappa shape index (κ1) is 13.4. The fourth-order valence-corrected chi connectivity index (χ4v) is 3.00. The zero-order valence-corrected chi connectivity index (χ0v) is 11.9. The van der Waals surface area contributed by atoms with Crippen molar-refractivity contribution in [2.45, 2.75) is 45.2 Å². The Morgan fingerprint density at radius 1 is 1.17 bits per heavy atom. The average Bonchev–Trinajstić information content (AvgIpc) is 2.78. The van der Waals surface area contributed by atoms with Crippen molar-refractivity contribution < 1.29 is 0 Å². The molecule has 2 atom stereocenters. The van der Waals surface area contributed by atoms with Gasteiger partial charge in [-0.15, -0.1) is 0 Å². The Morgan fingerprint density at radius 2 is 1.89 bits per heavy atom. The molecule has 0 radical (unpaired) electrons. The van der Waals surface area contributed by atoms with Crippen LogP contribution in [0.1, 0.15) is 38.2 Å². The van der Waals surface area contributed by atoms with E-state index >= 15 is 0 Å². The summed E-state index contributed by atoms with van der Waals surface area (Å²) in [5, 5.41) is 3.71. The summed E-state index contributed by atoms with van der Waals surface area (Å²) in [7, 11) is 4.22. The van der Waals surface area contributed by atoms with Crippen molar-refractivity contribution in [2.24, 2.45) is 5.92 Å². The molecule has 0 aliphatic heterocycles. The Balaban J connectivity index is 1.93. The highest BCUT2D eigenvalue weighted by Gasteiger charge is 2.25. The van der Waals surface area contributed by atoms with Gasteiger partial charge in [-0.3, -0.25) is 0 Å². The minimum atomic E-state index is 0.690. The van der Waals surface area contributed by atoms with E-state index in [-0.39, 0.29) is 0 Å². The van der Waals surface area contributed by atoms with Crippen molar-refractivity contribution in [3.8, 4) is 0 Å². The van der Waals surface area contributed by atoms with Gasteiger partial charge in [-0.1, -0.05) is 31.9 Å². The molecule has 2 rings (SSSR count). The van der Waals surface area contributed by atoms with Crippen LogP contribution in [0.3, 0.4) is 0 Å². The Labute approximate surface area is 111 Å². The van der Waals surface area contributed by atoms with Gasteiger partial charge >= 0.3 is 0 Å². The Kier molecular flexibility index (Phi) is 4.65. The molecule has 2 unspecified atom stereocenters. The number of nitrogens with zero attached hydrogens (tertiary/aromatic N) is 1. The lowest BCUT2D eigenvalue weighted by molar-refractivity contribution is 0.402. The molecule has 0 spiro atoms. The lowest BCUT2D eigenvalue weighted by Crippen LogP contribution is -2.23. The summed E-state index contributed by atoms with van der Waals surface area (Å²) >= 11 is 0. The van der Waals surface area contributed by atoms with E-state index in [2.05, 4.69) is 55.5 Å². The fourth-order valence-electron chi connectivity index (χ4n) is 3.00. The molecule has 2 heteroatoms. The van der Waals surface area contributed by atoms with E-state index in [9.17, 15) is 0 Å².